The zero-order chi connectivity index (χ0) is 33.0. The summed E-state index contributed by atoms with van der Waals surface area (Å²) in [5.74, 6) is -3.92. The maximum atomic E-state index is 14.4. The second kappa shape index (κ2) is 9.08. The minimum atomic E-state index is -1.39. The zero-order valence-electron chi connectivity index (χ0n) is 27.1. The summed E-state index contributed by atoms with van der Waals surface area (Å²) in [4.78, 5) is 54.0. The van der Waals surface area contributed by atoms with Gasteiger partial charge in [-0.2, -0.15) is 0 Å². The summed E-state index contributed by atoms with van der Waals surface area (Å²) < 4.78 is 17.4. The molecule has 8 rings (SSSR count). The van der Waals surface area contributed by atoms with E-state index in [2.05, 4.69) is 6.92 Å². The molecule has 0 saturated heterocycles. The highest BCUT2D eigenvalue weighted by Gasteiger charge is 2.84. The van der Waals surface area contributed by atoms with Crippen LogP contribution in [0, 0.1) is 52.3 Å². The Morgan fingerprint density at radius 3 is 2.41 bits per heavy atom. The van der Waals surface area contributed by atoms with Crippen LogP contribution in [-0.4, -0.2) is 76.6 Å². The van der Waals surface area contributed by atoms with Crippen molar-refractivity contribution in [3.63, 3.8) is 0 Å². The molecule has 3 N–H and O–H groups in total. The van der Waals surface area contributed by atoms with Crippen molar-refractivity contribution in [2.75, 3.05) is 20.3 Å². The Labute approximate surface area is 267 Å². The fourth-order valence-corrected chi connectivity index (χ4v) is 12.0. The Balaban J connectivity index is 1.36. The van der Waals surface area contributed by atoms with Crippen LogP contribution in [0.2, 0.25) is 0 Å². The fourth-order valence-electron chi connectivity index (χ4n) is 12.0. The first-order chi connectivity index (χ1) is 21.7. The molecule has 1 spiro atoms. The van der Waals surface area contributed by atoms with Gasteiger partial charge in [0.2, 0.25) is 0 Å². The minimum absolute atomic E-state index is 0.0493. The van der Waals surface area contributed by atoms with Crippen molar-refractivity contribution in [1.29, 1.82) is 0 Å². The first kappa shape index (κ1) is 30.3. The molecule has 0 amide bonds. The number of esters is 3. The van der Waals surface area contributed by atoms with E-state index in [-0.39, 0.29) is 53.4 Å². The van der Waals surface area contributed by atoms with Gasteiger partial charge < -0.3 is 29.5 Å². The van der Waals surface area contributed by atoms with Gasteiger partial charge in [-0.1, -0.05) is 25.5 Å². The van der Waals surface area contributed by atoms with Crippen molar-refractivity contribution < 1.29 is 48.7 Å². The molecule has 46 heavy (non-hydrogen) atoms. The van der Waals surface area contributed by atoms with Gasteiger partial charge in [0.1, 0.15) is 23.9 Å². The third kappa shape index (κ3) is 3.15. The van der Waals surface area contributed by atoms with Crippen LogP contribution >= 0.6 is 0 Å². The van der Waals surface area contributed by atoms with E-state index in [1.54, 1.807) is 19.9 Å². The third-order valence-electron chi connectivity index (χ3n) is 14.3. The molecule has 0 bridgehead atoms. The quantitative estimate of drug-likeness (QED) is 0.178. The summed E-state index contributed by atoms with van der Waals surface area (Å²) in [5, 5.41) is 34.8. The number of carbonyl (C=O) groups is 4. The van der Waals surface area contributed by atoms with E-state index in [9.17, 15) is 34.5 Å². The smallest absolute Gasteiger partial charge is 0.337 e. The van der Waals surface area contributed by atoms with Crippen molar-refractivity contribution in [2.24, 2.45) is 52.3 Å². The van der Waals surface area contributed by atoms with Gasteiger partial charge in [-0.05, 0) is 86.7 Å². The number of aliphatic hydroxyl groups is 3. The van der Waals surface area contributed by atoms with E-state index in [0.717, 1.165) is 24.0 Å². The van der Waals surface area contributed by atoms with Gasteiger partial charge in [0.15, 0.2) is 5.78 Å². The second-order valence-electron chi connectivity index (χ2n) is 15.6. The first-order valence-electron chi connectivity index (χ1n) is 16.5. The Kier molecular flexibility index (Phi) is 5.97. The van der Waals surface area contributed by atoms with Gasteiger partial charge in [-0.15, -0.1) is 0 Å². The predicted octanol–water partition coefficient (Wildman–Crippen LogP) is 2.51. The Morgan fingerprint density at radius 1 is 1.04 bits per heavy atom. The molecule has 12 atom stereocenters. The summed E-state index contributed by atoms with van der Waals surface area (Å²) in [5.41, 5.74) is -0.913. The number of hydrogen-bond acceptors (Lipinski definition) is 10. The normalized spacial score (nSPS) is 48.5. The molecule has 246 valence electrons. The third-order valence-corrected chi connectivity index (χ3v) is 14.3. The van der Waals surface area contributed by atoms with Crippen molar-refractivity contribution in [3.8, 4) is 0 Å². The van der Waals surface area contributed by atoms with Crippen LogP contribution in [0.1, 0.15) is 60.3 Å². The molecule has 8 aliphatic rings. The topological polar surface area (TPSA) is 157 Å². The maximum Gasteiger partial charge on any atom is 0.337 e. The highest BCUT2D eigenvalue weighted by atomic mass is 16.6. The summed E-state index contributed by atoms with van der Waals surface area (Å²) in [6, 6.07) is 0. The van der Waals surface area contributed by atoms with Crippen molar-refractivity contribution >= 4 is 23.7 Å². The monoisotopic (exact) mass is 634 g/mol. The predicted molar refractivity (Wildman–Crippen MR) is 160 cm³/mol. The molecule has 10 nitrogen and oxygen atoms in total. The maximum absolute atomic E-state index is 14.4. The number of allylic oxidation sites excluding steroid dienone is 2. The van der Waals surface area contributed by atoms with Crippen LogP contribution in [0.3, 0.4) is 0 Å². The Morgan fingerprint density at radius 2 is 1.76 bits per heavy atom. The average molecular weight is 635 g/mol. The molecule has 5 fully saturated rings. The molecule has 10 heteroatoms. The lowest BCUT2D eigenvalue weighted by Gasteiger charge is -2.63. The number of ether oxygens (including phenoxy) is 3. The number of rotatable bonds is 5. The van der Waals surface area contributed by atoms with E-state index < -0.39 is 76.2 Å². The molecule has 7 aliphatic carbocycles. The standard InChI is InChI=1S/C36H42O10/c1-7-14(2)30(40)45-13-35(43)22-10-21(22)33(4)23(35)11-20-18(12-37)32(42)46-36(20)24(33)9-17-16-8-19(16)34(5)26(17)27(36)25(28(38)29(34)39)15(3)31(41)44-6/h7,16,19,21-24,27,29,37,39,43H,8-13H2,1-6H3/b14-7+,25-15-/t16-,19-,21-,22+,23-,24-,27+,29+,33+,34+,35+,36+/m1/s1. The van der Waals surface area contributed by atoms with Crippen LogP contribution < -0.4 is 0 Å². The number of carbonyl (C=O) groups excluding carboxylic acids is 4. The van der Waals surface area contributed by atoms with E-state index in [4.69, 9.17) is 14.2 Å². The number of hydrogen-bond donors (Lipinski definition) is 3. The average Bonchev–Trinajstić information content (AvgIpc) is 3.95. The van der Waals surface area contributed by atoms with Gasteiger partial charge in [-0.3, -0.25) is 4.79 Å². The van der Waals surface area contributed by atoms with Crippen molar-refractivity contribution in [1.82, 2.24) is 0 Å². The Bertz CT molecular complexity index is 1680. The van der Waals surface area contributed by atoms with Gasteiger partial charge in [0.25, 0.3) is 0 Å². The summed E-state index contributed by atoms with van der Waals surface area (Å²) in [7, 11) is 1.24. The van der Waals surface area contributed by atoms with Crippen molar-refractivity contribution in [2.45, 2.75) is 77.6 Å². The molecule has 1 aliphatic heterocycles. The molecular weight excluding hydrogens is 592 g/mol. The molecule has 5 saturated carbocycles. The SMILES string of the molecule is C/C=C(\C)C(=O)OC[C@]1(O)[C@H]2C[C@H]2[C@@]2(C)[C@H]1CC1=C(CO)C(=O)O[C@@]13[C@@H]1C4=C(C[C@@H]32)[C@H]2C[C@H]2[C@]4(C)[C@@H](O)C(=O)/C1=C(/C)C(=O)OC. The fraction of sp³-hybridized carbons (Fsp3) is 0.667. The second-order valence-corrected chi connectivity index (χ2v) is 15.6. The van der Waals surface area contributed by atoms with E-state index in [1.165, 1.54) is 14.0 Å². The number of ketones is 1. The number of aliphatic hydroxyl groups excluding tert-OH is 2. The summed E-state index contributed by atoms with van der Waals surface area (Å²) in [6.07, 6.45) is 2.62. The minimum Gasteiger partial charge on any atom is -0.466 e. The molecule has 0 aromatic heterocycles. The largest absolute Gasteiger partial charge is 0.466 e. The Hall–Kier alpha value is -3.08. The van der Waals surface area contributed by atoms with Gasteiger partial charge in [-0.25, -0.2) is 14.4 Å². The number of fused-ring (bicyclic) bond motifs is 7. The lowest BCUT2D eigenvalue weighted by atomic mass is 9.42. The van der Waals surface area contributed by atoms with Crippen molar-refractivity contribution in [3.05, 3.63) is 45.1 Å². The molecule has 0 radical (unpaired) electrons. The van der Waals surface area contributed by atoms with Gasteiger partial charge in [0, 0.05) is 34.0 Å². The molecule has 0 unspecified atom stereocenters. The van der Waals surface area contributed by atoms with Crippen LogP contribution in [0.5, 0.6) is 0 Å². The lowest BCUT2D eigenvalue weighted by Crippen LogP contribution is -2.67. The molecule has 0 aromatic carbocycles. The zero-order valence-corrected chi connectivity index (χ0v) is 27.1. The highest BCUT2D eigenvalue weighted by molar-refractivity contribution is 6.09. The van der Waals surface area contributed by atoms with Gasteiger partial charge in [0.05, 0.1) is 25.2 Å². The summed E-state index contributed by atoms with van der Waals surface area (Å²) >= 11 is 0. The van der Waals surface area contributed by atoms with Crippen LogP contribution in [0.4, 0.5) is 0 Å². The van der Waals surface area contributed by atoms with E-state index in [1.807, 2.05) is 6.92 Å². The first-order valence-corrected chi connectivity index (χ1v) is 16.5. The van der Waals surface area contributed by atoms with Crippen LogP contribution in [-0.2, 0) is 33.4 Å². The van der Waals surface area contributed by atoms with Crippen LogP contribution in [0.15, 0.2) is 45.1 Å². The number of methoxy groups -OCH3 is 1. The molecular formula is C36H42O10. The van der Waals surface area contributed by atoms with Gasteiger partial charge >= 0.3 is 17.9 Å². The molecule has 1 heterocycles. The van der Waals surface area contributed by atoms with Crippen LogP contribution in [0.25, 0.3) is 0 Å². The lowest BCUT2D eigenvalue weighted by molar-refractivity contribution is -0.191. The number of Topliss-reactive ketones (excluding diaryl/α,β-unsaturated/α-hetero) is 1. The molecule has 0 aromatic rings. The van der Waals surface area contributed by atoms with E-state index >= 15 is 0 Å². The highest BCUT2D eigenvalue weighted by Crippen LogP contribution is 2.83. The summed E-state index contributed by atoms with van der Waals surface area (Å²) in [6.45, 7) is 8.25. The van der Waals surface area contributed by atoms with E-state index in [0.29, 0.717) is 17.6 Å².